The fourth-order valence-electron chi connectivity index (χ4n) is 1.71. The van der Waals surface area contributed by atoms with Crippen molar-refractivity contribution in [2.24, 2.45) is 0 Å². The van der Waals surface area contributed by atoms with Gasteiger partial charge in [0, 0.05) is 12.6 Å². The van der Waals surface area contributed by atoms with Crippen molar-refractivity contribution >= 4 is 0 Å². The van der Waals surface area contributed by atoms with Gasteiger partial charge in [-0.25, -0.2) is 0 Å². The van der Waals surface area contributed by atoms with Gasteiger partial charge in [0.25, 0.3) is 0 Å². The van der Waals surface area contributed by atoms with Crippen LogP contribution in [0.5, 0.6) is 0 Å². The Morgan fingerprint density at radius 3 is 3.00 bits per heavy atom. The van der Waals surface area contributed by atoms with Crippen molar-refractivity contribution in [3.8, 4) is 0 Å². The molecule has 3 nitrogen and oxygen atoms in total. The SMILES string of the molecule is CCCC1CC(NOCC)CCO1. The molecule has 1 N–H and O–H groups in total. The van der Waals surface area contributed by atoms with E-state index in [1.165, 1.54) is 12.8 Å². The summed E-state index contributed by atoms with van der Waals surface area (Å²) < 4.78 is 5.63. The quantitative estimate of drug-likeness (QED) is 0.667. The van der Waals surface area contributed by atoms with E-state index < -0.39 is 0 Å². The Morgan fingerprint density at radius 2 is 2.31 bits per heavy atom. The monoisotopic (exact) mass is 187 g/mol. The Hall–Kier alpha value is -0.120. The first-order chi connectivity index (χ1) is 6.36. The summed E-state index contributed by atoms with van der Waals surface area (Å²) in [6.07, 6.45) is 4.97. The predicted octanol–water partition coefficient (Wildman–Crippen LogP) is 1.88. The van der Waals surface area contributed by atoms with Crippen molar-refractivity contribution in [1.82, 2.24) is 5.48 Å². The molecule has 0 aromatic carbocycles. The van der Waals surface area contributed by atoms with Crippen LogP contribution in [0.25, 0.3) is 0 Å². The second-order valence-electron chi connectivity index (χ2n) is 3.55. The van der Waals surface area contributed by atoms with E-state index in [1.807, 2.05) is 6.92 Å². The summed E-state index contributed by atoms with van der Waals surface area (Å²) in [6, 6.07) is 0.491. The minimum Gasteiger partial charge on any atom is -0.378 e. The Kier molecular flexibility index (Phi) is 5.35. The molecule has 1 saturated heterocycles. The molecule has 1 heterocycles. The maximum absolute atomic E-state index is 5.63. The maximum Gasteiger partial charge on any atom is 0.0654 e. The summed E-state index contributed by atoms with van der Waals surface area (Å²) in [5, 5.41) is 0. The van der Waals surface area contributed by atoms with Gasteiger partial charge in [-0.2, -0.15) is 5.48 Å². The molecule has 0 bridgehead atoms. The zero-order chi connectivity index (χ0) is 9.52. The van der Waals surface area contributed by atoms with Crippen LogP contribution < -0.4 is 5.48 Å². The average molecular weight is 187 g/mol. The van der Waals surface area contributed by atoms with Crippen molar-refractivity contribution in [3.05, 3.63) is 0 Å². The first-order valence-electron chi connectivity index (χ1n) is 5.35. The van der Waals surface area contributed by atoms with E-state index in [2.05, 4.69) is 12.4 Å². The highest BCUT2D eigenvalue weighted by Crippen LogP contribution is 2.17. The van der Waals surface area contributed by atoms with Gasteiger partial charge in [0.1, 0.15) is 0 Å². The molecule has 1 aliphatic rings. The van der Waals surface area contributed by atoms with Crippen molar-refractivity contribution in [3.63, 3.8) is 0 Å². The summed E-state index contributed by atoms with van der Waals surface area (Å²) in [5.41, 5.74) is 3.08. The number of rotatable bonds is 5. The normalized spacial score (nSPS) is 29.1. The van der Waals surface area contributed by atoms with E-state index in [9.17, 15) is 0 Å². The van der Waals surface area contributed by atoms with E-state index in [4.69, 9.17) is 9.57 Å². The van der Waals surface area contributed by atoms with Gasteiger partial charge in [-0.3, -0.25) is 0 Å². The molecule has 78 valence electrons. The number of hydrogen-bond acceptors (Lipinski definition) is 3. The van der Waals surface area contributed by atoms with Gasteiger partial charge in [-0.1, -0.05) is 13.3 Å². The van der Waals surface area contributed by atoms with Crippen molar-refractivity contribution < 1.29 is 9.57 Å². The Bertz CT molecular complexity index is 128. The summed E-state index contributed by atoms with van der Waals surface area (Å²) in [4.78, 5) is 5.19. The van der Waals surface area contributed by atoms with Gasteiger partial charge in [0.15, 0.2) is 0 Å². The number of nitrogens with one attached hydrogen (secondary N) is 1. The molecule has 0 spiro atoms. The standard InChI is InChI=1S/C10H21NO2/c1-3-5-10-8-9(6-7-12-10)11-13-4-2/h9-11H,3-8H2,1-2H3. The molecule has 0 saturated carbocycles. The molecule has 3 heteroatoms. The Labute approximate surface area is 80.7 Å². The topological polar surface area (TPSA) is 30.5 Å². The molecule has 1 rings (SSSR count). The zero-order valence-corrected chi connectivity index (χ0v) is 8.71. The maximum atomic E-state index is 5.63. The van der Waals surface area contributed by atoms with Crippen molar-refractivity contribution in [2.75, 3.05) is 13.2 Å². The van der Waals surface area contributed by atoms with Crippen LogP contribution in [-0.2, 0) is 9.57 Å². The van der Waals surface area contributed by atoms with Gasteiger partial charge >= 0.3 is 0 Å². The van der Waals surface area contributed by atoms with E-state index in [1.54, 1.807) is 0 Å². The minimum atomic E-state index is 0.441. The molecule has 0 amide bonds. The van der Waals surface area contributed by atoms with Gasteiger partial charge in [-0.15, -0.1) is 0 Å². The number of hydroxylamine groups is 1. The van der Waals surface area contributed by atoms with Crippen LogP contribution in [-0.4, -0.2) is 25.4 Å². The first kappa shape index (κ1) is 11.0. The molecule has 13 heavy (non-hydrogen) atoms. The van der Waals surface area contributed by atoms with Crippen molar-refractivity contribution in [1.29, 1.82) is 0 Å². The van der Waals surface area contributed by atoms with Gasteiger partial charge in [-0.05, 0) is 26.2 Å². The molecular formula is C10H21NO2. The highest BCUT2D eigenvalue weighted by atomic mass is 16.6. The highest BCUT2D eigenvalue weighted by Gasteiger charge is 2.21. The summed E-state index contributed by atoms with van der Waals surface area (Å²) in [7, 11) is 0. The lowest BCUT2D eigenvalue weighted by atomic mass is 10.0. The molecule has 1 aliphatic heterocycles. The zero-order valence-electron chi connectivity index (χ0n) is 8.71. The Morgan fingerprint density at radius 1 is 1.46 bits per heavy atom. The molecule has 0 aromatic heterocycles. The first-order valence-corrected chi connectivity index (χ1v) is 5.35. The van der Waals surface area contributed by atoms with Crippen LogP contribution in [0.3, 0.4) is 0 Å². The van der Waals surface area contributed by atoms with E-state index >= 15 is 0 Å². The van der Waals surface area contributed by atoms with Crippen LogP contribution in [0, 0.1) is 0 Å². The Balaban J connectivity index is 2.16. The van der Waals surface area contributed by atoms with E-state index in [0.29, 0.717) is 12.1 Å². The molecule has 0 radical (unpaired) electrons. The van der Waals surface area contributed by atoms with Crippen LogP contribution >= 0.6 is 0 Å². The fourth-order valence-corrected chi connectivity index (χ4v) is 1.71. The summed E-state index contributed by atoms with van der Waals surface area (Å²) in [6.45, 7) is 5.80. The number of hydrogen-bond donors (Lipinski definition) is 1. The summed E-state index contributed by atoms with van der Waals surface area (Å²) in [5.74, 6) is 0. The average Bonchev–Trinajstić information content (AvgIpc) is 2.16. The molecule has 2 unspecified atom stereocenters. The van der Waals surface area contributed by atoms with Gasteiger partial charge in [0.05, 0.1) is 12.7 Å². The third-order valence-corrected chi connectivity index (χ3v) is 2.37. The number of ether oxygens (including phenoxy) is 1. The second-order valence-corrected chi connectivity index (χ2v) is 3.55. The predicted molar refractivity (Wildman–Crippen MR) is 52.4 cm³/mol. The van der Waals surface area contributed by atoms with Gasteiger partial charge in [0.2, 0.25) is 0 Å². The van der Waals surface area contributed by atoms with Crippen LogP contribution in [0.15, 0.2) is 0 Å². The molecular weight excluding hydrogens is 166 g/mol. The van der Waals surface area contributed by atoms with Crippen LogP contribution in [0.1, 0.15) is 39.5 Å². The van der Waals surface area contributed by atoms with Crippen molar-refractivity contribution in [2.45, 2.75) is 51.7 Å². The van der Waals surface area contributed by atoms with Crippen LogP contribution in [0.4, 0.5) is 0 Å². The molecule has 2 atom stereocenters. The third-order valence-electron chi connectivity index (χ3n) is 2.37. The van der Waals surface area contributed by atoms with Crippen LogP contribution in [0.2, 0.25) is 0 Å². The third kappa shape index (κ3) is 4.07. The highest BCUT2D eigenvalue weighted by molar-refractivity contribution is 4.74. The smallest absolute Gasteiger partial charge is 0.0654 e. The lowest BCUT2D eigenvalue weighted by molar-refractivity contribution is -0.0513. The molecule has 0 aromatic rings. The summed E-state index contributed by atoms with van der Waals surface area (Å²) >= 11 is 0. The largest absolute Gasteiger partial charge is 0.378 e. The van der Waals surface area contributed by atoms with E-state index in [0.717, 1.165) is 26.1 Å². The van der Waals surface area contributed by atoms with Gasteiger partial charge < -0.3 is 9.57 Å². The lowest BCUT2D eigenvalue weighted by Gasteiger charge is -2.29. The lowest BCUT2D eigenvalue weighted by Crippen LogP contribution is -2.38. The fraction of sp³-hybridized carbons (Fsp3) is 1.00. The van der Waals surface area contributed by atoms with E-state index in [-0.39, 0.29) is 0 Å². The molecule has 1 fully saturated rings. The molecule has 0 aliphatic carbocycles. The second kappa shape index (κ2) is 6.35. The minimum absolute atomic E-state index is 0.441.